The third kappa shape index (κ3) is 4.51. The van der Waals surface area contributed by atoms with E-state index >= 15 is 0 Å². The minimum Gasteiger partial charge on any atom is -0.481 e. The van der Waals surface area contributed by atoms with E-state index in [1.165, 1.54) is 25.4 Å². The van der Waals surface area contributed by atoms with E-state index in [1.54, 1.807) is 24.3 Å². The van der Waals surface area contributed by atoms with Crippen molar-refractivity contribution in [1.82, 2.24) is 9.71 Å². The van der Waals surface area contributed by atoms with Crippen molar-refractivity contribution in [3.63, 3.8) is 0 Å². The third-order valence-corrected chi connectivity index (χ3v) is 4.59. The van der Waals surface area contributed by atoms with Crippen LogP contribution in [0.5, 0.6) is 5.88 Å². The molecule has 0 radical (unpaired) electrons. The van der Waals surface area contributed by atoms with Crippen molar-refractivity contribution < 1.29 is 17.9 Å². The Hall–Kier alpha value is -2.45. The van der Waals surface area contributed by atoms with Gasteiger partial charge in [-0.25, -0.2) is 18.1 Å². The molecule has 1 aromatic heterocycles. The number of amides is 1. The summed E-state index contributed by atoms with van der Waals surface area (Å²) in [5.41, 5.74) is 6.42. The highest BCUT2D eigenvalue weighted by Gasteiger charge is 2.14. The number of primary amides is 1. The number of nitrogens with two attached hydrogens (primary N) is 1. The molecule has 0 fully saturated rings. The number of ether oxygens (including phenoxy) is 1. The highest BCUT2D eigenvalue weighted by atomic mass is 32.2. The second kappa shape index (κ2) is 7.21. The minimum absolute atomic E-state index is 0.0594. The molecule has 0 spiro atoms. The van der Waals surface area contributed by atoms with Crippen molar-refractivity contribution in [3.8, 4) is 5.88 Å². The van der Waals surface area contributed by atoms with Crippen molar-refractivity contribution in [2.75, 3.05) is 13.7 Å². The molecule has 1 aromatic carbocycles. The van der Waals surface area contributed by atoms with Crippen LogP contribution in [-0.4, -0.2) is 33.0 Å². The Morgan fingerprint density at radius 3 is 2.70 bits per heavy atom. The van der Waals surface area contributed by atoms with Crippen LogP contribution in [-0.2, 0) is 16.4 Å². The lowest BCUT2D eigenvalue weighted by Gasteiger charge is -2.07. The van der Waals surface area contributed by atoms with Gasteiger partial charge in [0.1, 0.15) is 4.90 Å². The molecule has 0 aliphatic rings. The predicted octanol–water partition coefficient (Wildman–Crippen LogP) is 0.710. The number of hydrogen-bond donors (Lipinski definition) is 2. The fourth-order valence-electron chi connectivity index (χ4n) is 1.94. The standard InChI is InChI=1S/C15H17N3O4S/c1-22-14-6-5-13(10-17-14)23(20,21)18-8-7-11-3-2-4-12(9-11)15(16)19/h2-6,9-10,18H,7-8H2,1H3,(H2,16,19). The van der Waals surface area contributed by atoms with Gasteiger partial charge in [0.25, 0.3) is 0 Å². The van der Waals surface area contributed by atoms with Crippen LogP contribution in [0.1, 0.15) is 15.9 Å². The van der Waals surface area contributed by atoms with Gasteiger partial charge in [0, 0.05) is 18.2 Å². The molecule has 23 heavy (non-hydrogen) atoms. The van der Waals surface area contributed by atoms with Crippen LogP contribution in [0.15, 0.2) is 47.5 Å². The van der Waals surface area contributed by atoms with Crippen LogP contribution in [0.25, 0.3) is 0 Å². The minimum atomic E-state index is -3.64. The molecule has 3 N–H and O–H groups in total. The zero-order chi connectivity index (χ0) is 16.9. The van der Waals surface area contributed by atoms with Gasteiger partial charge in [-0.3, -0.25) is 4.79 Å². The van der Waals surface area contributed by atoms with Crippen molar-refractivity contribution in [2.24, 2.45) is 5.73 Å². The molecule has 8 heteroatoms. The van der Waals surface area contributed by atoms with Gasteiger partial charge in [-0.1, -0.05) is 12.1 Å². The van der Waals surface area contributed by atoms with E-state index in [9.17, 15) is 13.2 Å². The van der Waals surface area contributed by atoms with Crippen LogP contribution in [0.3, 0.4) is 0 Å². The number of hydrogen-bond acceptors (Lipinski definition) is 5. The third-order valence-electron chi connectivity index (χ3n) is 3.15. The van der Waals surface area contributed by atoms with E-state index in [-0.39, 0.29) is 11.4 Å². The lowest BCUT2D eigenvalue weighted by molar-refractivity contribution is 0.1000. The average Bonchev–Trinajstić information content (AvgIpc) is 2.55. The van der Waals surface area contributed by atoms with Crippen LogP contribution in [0.2, 0.25) is 0 Å². The molecular weight excluding hydrogens is 318 g/mol. The molecule has 0 atom stereocenters. The van der Waals surface area contributed by atoms with Crippen LogP contribution in [0, 0.1) is 0 Å². The summed E-state index contributed by atoms with van der Waals surface area (Å²) in [6.45, 7) is 0.191. The zero-order valence-electron chi connectivity index (χ0n) is 12.5. The van der Waals surface area contributed by atoms with Crippen LogP contribution >= 0.6 is 0 Å². The molecule has 2 aromatic rings. The molecular formula is C15H17N3O4S. The van der Waals surface area contributed by atoms with Crippen molar-refractivity contribution in [3.05, 3.63) is 53.7 Å². The summed E-state index contributed by atoms with van der Waals surface area (Å²) < 4.78 is 31.6. The molecule has 0 aliphatic heterocycles. The summed E-state index contributed by atoms with van der Waals surface area (Å²) in [5, 5.41) is 0. The number of rotatable bonds is 7. The van der Waals surface area contributed by atoms with Crippen molar-refractivity contribution in [2.45, 2.75) is 11.3 Å². The Labute approximate surface area is 134 Å². The van der Waals surface area contributed by atoms with Crippen molar-refractivity contribution in [1.29, 1.82) is 0 Å². The number of nitrogens with one attached hydrogen (secondary N) is 1. The monoisotopic (exact) mass is 335 g/mol. The number of carbonyl (C=O) groups is 1. The molecule has 7 nitrogen and oxygen atoms in total. The Morgan fingerprint density at radius 2 is 2.09 bits per heavy atom. The quantitative estimate of drug-likeness (QED) is 0.774. The first-order chi connectivity index (χ1) is 10.9. The van der Waals surface area contributed by atoms with Gasteiger partial charge in [0.15, 0.2) is 0 Å². The second-order valence-corrected chi connectivity index (χ2v) is 6.52. The summed E-state index contributed by atoms with van der Waals surface area (Å²) in [6, 6.07) is 9.66. The summed E-state index contributed by atoms with van der Waals surface area (Å²) in [5.74, 6) is -0.177. The second-order valence-electron chi connectivity index (χ2n) is 4.75. The predicted molar refractivity (Wildman–Crippen MR) is 84.6 cm³/mol. The van der Waals surface area contributed by atoms with E-state index < -0.39 is 15.9 Å². The number of pyridine rings is 1. The van der Waals surface area contributed by atoms with Gasteiger partial charge >= 0.3 is 0 Å². The molecule has 122 valence electrons. The van der Waals surface area contributed by atoms with Gasteiger partial charge in [0.05, 0.1) is 13.3 Å². The Balaban J connectivity index is 1.99. The van der Waals surface area contributed by atoms with E-state index in [4.69, 9.17) is 10.5 Å². The first-order valence-corrected chi connectivity index (χ1v) is 8.29. The van der Waals surface area contributed by atoms with Gasteiger partial charge in [-0.05, 0) is 30.2 Å². The Morgan fingerprint density at radius 1 is 1.30 bits per heavy atom. The number of carbonyl (C=O) groups excluding carboxylic acids is 1. The van der Waals surface area contributed by atoms with Gasteiger partial charge < -0.3 is 10.5 Å². The Bertz CT molecular complexity index is 789. The van der Waals surface area contributed by atoms with Crippen LogP contribution < -0.4 is 15.2 Å². The van der Waals surface area contributed by atoms with Gasteiger partial charge in [-0.2, -0.15) is 0 Å². The topological polar surface area (TPSA) is 111 Å². The molecule has 0 saturated carbocycles. The maximum Gasteiger partial charge on any atom is 0.248 e. The fourth-order valence-corrected chi connectivity index (χ4v) is 2.92. The average molecular weight is 335 g/mol. The number of sulfonamides is 1. The first-order valence-electron chi connectivity index (χ1n) is 6.81. The van der Waals surface area contributed by atoms with E-state index in [0.29, 0.717) is 17.9 Å². The van der Waals surface area contributed by atoms with Gasteiger partial charge in [-0.15, -0.1) is 0 Å². The molecule has 0 unspecified atom stereocenters. The lowest BCUT2D eigenvalue weighted by Crippen LogP contribution is -2.26. The molecule has 0 aliphatic carbocycles. The smallest absolute Gasteiger partial charge is 0.248 e. The number of nitrogens with zero attached hydrogens (tertiary/aromatic N) is 1. The normalized spacial score (nSPS) is 11.2. The lowest BCUT2D eigenvalue weighted by atomic mass is 10.1. The van der Waals surface area contributed by atoms with Gasteiger partial charge in [0.2, 0.25) is 21.8 Å². The van der Waals surface area contributed by atoms with Crippen molar-refractivity contribution >= 4 is 15.9 Å². The summed E-state index contributed by atoms with van der Waals surface area (Å²) in [4.78, 5) is 15.0. The molecule has 0 bridgehead atoms. The highest BCUT2D eigenvalue weighted by molar-refractivity contribution is 7.89. The number of methoxy groups -OCH3 is 1. The number of benzene rings is 1. The molecule has 2 rings (SSSR count). The first kappa shape index (κ1) is 16.9. The number of aromatic nitrogens is 1. The summed E-state index contributed by atoms with van der Waals surface area (Å²) >= 11 is 0. The highest BCUT2D eigenvalue weighted by Crippen LogP contribution is 2.12. The fraction of sp³-hybridized carbons (Fsp3) is 0.200. The van der Waals surface area contributed by atoms with E-state index in [2.05, 4.69) is 9.71 Å². The molecule has 1 amide bonds. The Kier molecular flexibility index (Phi) is 5.30. The summed E-state index contributed by atoms with van der Waals surface area (Å²) in [6.07, 6.45) is 1.67. The zero-order valence-corrected chi connectivity index (χ0v) is 13.3. The molecule has 1 heterocycles. The summed E-state index contributed by atoms with van der Waals surface area (Å²) in [7, 11) is -2.19. The van der Waals surface area contributed by atoms with Crippen LogP contribution in [0.4, 0.5) is 0 Å². The molecule has 0 saturated heterocycles. The van der Waals surface area contributed by atoms with E-state index in [0.717, 1.165) is 5.56 Å². The maximum atomic E-state index is 12.1. The maximum absolute atomic E-state index is 12.1. The van der Waals surface area contributed by atoms with E-state index in [1.807, 2.05) is 0 Å². The SMILES string of the molecule is COc1ccc(S(=O)(=O)NCCc2cccc(C(N)=O)c2)cn1. The largest absolute Gasteiger partial charge is 0.481 e.